The molecule has 0 bridgehead atoms. The highest BCUT2D eigenvalue weighted by molar-refractivity contribution is 5.93. The highest BCUT2D eigenvalue weighted by atomic mass is 16.2. The van der Waals surface area contributed by atoms with Crippen molar-refractivity contribution < 1.29 is 4.79 Å². The normalized spacial score (nSPS) is 11.6. The van der Waals surface area contributed by atoms with Gasteiger partial charge in [-0.2, -0.15) is 10.2 Å². The van der Waals surface area contributed by atoms with Gasteiger partial charge in [0.05, 0.1) is 6.21 Å². The van der Waals surface area contributed by atoms with Crippen LogP contribution in [-0.4, -0.2) is 22.3 Å². The van der Waals surface area contributed by atoms with Gasteiger partial charge in [0.15, 0.2) is 5.69 Å². The summed E-state index contributed by atoms with van der Waals surface area (Å²) >= 11 is 0. The molecule has 0 fully saturated rings. The minimum Gasteiger partial charge on any atom is -0.268 e. The summed E-state index contributed by atoms with van der Waals surface area (Å²) in [5.41, 5.74) is 4.01. The Morgan fingerprint density at radius 3 is 2.67 bits per heavy atom. The van der Waals surface area contributed by atoms with Gasteiger partial charge in [0.25, 0.3) is 11.5 Å². The van der Waals surface area contributed by atoms with E-state index in [2.05, 4.69) is 20.7 Å². The Morgan fingerprint density at radius 2 is 2.00 bits per heavy atom. The monoisotopic (exact) mass is 282 g/mol. The number of amides is 1. The number of aromatic nitrogens is 2. The first kappa shape index (κ1) is 14.4. The summed E-state index contributed by atoms with van der Waals surface area (Å²) in [6.45, 7) is 1.88. The zero-order chi connectivity index (χ0) is 15.1. The van der Waals surface area contributed by atoms with Crippen LogP contribution in [0, 0.1) is 0 Å². The molecule has 1 aromatic carbocycles. The number of hydrazone groups is 1. The minimum absolute atomic E-state index is 0.0939. The number of benzene rings is 1. The van der Waals surface area contributed by atoms with Gasteiger partial charge in [-0.1, -0.05) is 36.4 Å². The molecule has 0 aliphatic heterocycles. The summed E-state index contributed by atoms with van der Waals surface area (Å²) in [5, 5.41) is 9.63. The van der Waals surface area contributed by atoms with Crippen molar-refractivity contribution in [3.8, 4) is 0 Å². The van der Waals surface area contributed by atoms with E-state index in [9.17, 15) is 9.59 Å². The fraction of sp³-hybridized carbons (Fsp3) is 0.0667. The molecule has 106 valence electrons. The Bertz CT molecular complexity index is 712. The van der Waals surface area contributed by atoms with E-state index in [0.29, 0.717) is 0 Å². The Kier molecular flexibility index (Phi) is 4.76. The number of aromatic amines is 1. The summed E-state index contributed by atoms with van der Waals surface area (Å²) in [6, 6.07) is 12.3. The van der Waals surface area contributed by atoms with Gasteiger partial charge >= 0.3 is 0 Å². The van der Waals surface area contributed by atoms with Crippen LogP contribution in [0.1, 0.15) is 23.0 Å². The van der Waals surface area contributed by atoms with Crippen LogP contribution >= 0.6 is 0 Å². The standard InChI is InChI=1S/C15H14N4O2/c1-11(9-12-5-3-2-4-6-12)10-16-19-15(21)13-7-8-14(20)18-17-13/h2-10H,1H3,(H,18,20)(H,19,21). The maximum atomic E-state index is 11.7. The average molecular weight is 282 g/mol. The van der Waals surface area contributed by atoms with E-state index in [1.165, 1.54) is 18.3 Å². The second-order valence-electron chi connectivity index (χ2n) is 4.30. The van der Waals surface area contributed by atoms with Crippen molar-refractivity contribution in [3.63, 3.8) is 0 Å². The van der Waals surface area contributed by atoms with Crippen molar-refractivity contribution in [2.45, 2.75) is 6.92 Å². The van der Waals surface area contributed by atoms with Crippen LogP contribution in [0.4, 0.5) is 0 Å². The number of carbonyl (C=O) groups is 1. The van der Waals surface area contributed by atoms with Crippen LogP contribution in [0.3, 0.4) is 0 Å². The number of carbonyl (C=O) groups excluding carboxylic acids is 1. The number of hydrogen-bond acceptors (Lipinski definition) is 4. The van der Waals surface area contributed by atoms with Gasteiger partial charge in [0.2, 0.25) is 0 Å². The van der Waals surface area contributed by atoms with Crippen LogP contribution in [0.2, 0.25) is 0 Å². The maximum Gasteiger partial charge on any atom is 0.291 e. The SMILES string of the molecule is CC(C=NNC(=O)c1ccc(=O)[nH]n1)=Cc1ccccc1. The Morgan fingerprint density at radius 1 is 1.24 bits per heavy atom. The second-order valence-corrected chi connectivity index (χ2v) is 4.30. The molecule has 6 nitrogen and oxygen atoms in total. The third-order valence-electron chi connectivity index (χ3n) is 2.54. The van der Waals surface area contributed by atoms with Crippen molar-refractivity contribution in [2.24, 2.45) is 5.10 Å². The molecule has 1 amide bonds. The van der Waals surface area contributed by atoms with Gasteiger partial charge in [-0.05, 0) is 24.1 Å². The molecule has 0 saturated carbocycles. The molecular weight excluding hydrogens is 268 g/mol. The molecule has 0 radical (unpaired) electrons. The van der Waals surface area contributed by atoms with Crippen molar-refractivity contribution >= 4 is 18.2 Å². The number of H-pyrrole nitrogens is 1. The van der Waals surface area contributed by atoms with Crippen LogP contribution in [0.25, 0.3) is 6.08 Å². The average Bonchev–Trinajstić information content (AvgIpc) is 2.49. The van der Waals surface area contributed by atoms with Crippen LogP contribution in [0.5, 0.6) is 0 Å². The first-order valence-electron chi connectivity index (χ1n) is 6.27. The molecule has 1 aromatic heterocycles. The Balaban J connectivity index is 1.96. The largest absolute Gasteiger partial charge is 0.291 e. The summed E-state index contributed by atoms with van der Waals surface area (Å²) < 4.78 is 0. The smallest absolute Gasteiger partial charge is 0.268 e. The minimum atomic E-state index is -0.491. The van der Waals surface area contributed by atoms with Crippen molar-refractivity contribution in [3.05, 3.63) is 69.6 Å². The molecule has 21 heavy (non-hydrogen) atoms. The molecule has 1 heterocycles. The lowest BCUT2D eigenvalue weighted by atomic mass is 10.1. The number of allylic oxidation sites excluding steroid dienone is 1. The number of nitrogens with zero attached hydrogens (tertiary/aromatic N) is 2. The van der Waals surface area contributed by atoms with E-state index in [-0.39, 0.29) is 11.3 Å². The number of nitrogens with one attached hydrogen (secondary N) is 2. The lowest BCUT2D eigenvalue weighted by molar-refractivity contribution is 0.0949. The fourth-order valence-electron chi connectivity index (χ4n) is 1.57. The van der Waals surface area contributed by atoms with Gasteiger partial charge in [-0.15, -0.1) is 0 Å². The van der Waals surface area contributed by atoms with Gasteiger partial charge in [0, 0.05) is 6.07 Å². The predicted octanol–water partition coefficient (Wildman–Crippen LogP) is 1.59. The first-order chi connectivity index (χ1) is 10.1. The second kappa shape index (κ2) is 6.95. The summed E-state index contributed by atoms with van der Waals surface area (Å²) in [4.78, 5) is 22.5. The van der Waals surface area contributed by atoms with Gasteiger partial charge < -0.3 is 0 Å². The van der Waals surface area contributed by atoms with Crippen LogP contribution < -0.4 is 11.0 Å². The molecule has 0 atom stereocenters. The zero-order valence-corrected chi connectivity index (χ0v) is 11.4. The highest BCUT2D eigenvalue weighted by Crippen LogP contribution is 2.04. The lowest BCUT2D eigenvalue weighted by Crippen LogP contribution is -2.21. The topological polar surface area (TPSA) is 87.2 Å². The van der Waals surface area contributed by atoms with Crippen LogP contribution in [0.15, 0.2) is 57.9 Å². The molecule has 0 spiro atoms. The van der Waals surface area contributed by atoms with Gasteiger partial charge in [-0.25, -0.2) is 10.5 Å². The van der Waals surface area contributed by atoms with E-state index < -0.39 is 5.91 Å². The van der Waals surface area contributed by atoms with Crippen molar-refractivity contribution in [1.82, 2.24) is 15.6 Å². The number of rotatable bonds is 4. The first-order valence-corrected chi connectivity index (χ1v) is 6.27. The van der Waals surface area contributed by atoms with Crippen LogP contribution in [-0.2, 0) is 0 Å². The van der Waals surface area contributed by atoms with Gasteiger partial charge in [0.1, 0.15) is 0 Å². The molecule has 6 heteroatoms. The molecular formula is C15H14N4O2. The summed E-state index contributed by atoms with van der Waals surface area (Å²) in [6.07, 6.45) is 3.48. The molecule has 2 aromatic rings. The third kappa shape index (κ3) is 4.54. The molecule has 0 saturated heterocycles. The third-order valence-corrected chi connectivity index (χ3v) is 2.54. The zero-order valence-electron chi connectivity index (χ0n) is 11.4. The molecule has 2 rings (SSSR count). The molecule has 0 aliphatic carbocycles. The maximum absolute atomic E-state index is 11.7. The van der Waals surface area contributed by atoms with E-state index >= 15 is 0 Å². The number of hydrogen-bond donors (Lipinski definition) is 2. The summed E-state index contributed by atoms with van der Waals surface area (Å²) in [7, 11) is 0. The lowest BCUT2D eigenvalue weighted by Gasteiger charge is -1.98. The Hall–Kier alpha value is -3.02. The van der Waals surface area contributed by atoms with E-state index in [1.54, 1.807) is 0 Å². The fourth-order valence-corrected chi connectivity index (χ4v) is 1.57. The van der Waals surface area contributed by atoms with Crippen molar-refractivity contribution in [1.29, 1.82) is 0 Å². The Labute approximate surface area is 121 Å². The molecule has 2 N–H and O–H groups in total. The van der Waals surface area contributed by atoms with E-state index in [1.807, 2.05) is 43.3 Å². The van der Waals surface area contributed by atoms with E-state index in [0.717, 1.165) is 11.1 Å². The van der Waals surface area contributed by atoms with Crippen molar-refractivity contribution in [2.75, 3.05) is 0 Å². The predicted molar refractivity (Wildman–Crippen MR) is 80.9 cm³/mol. The quantitative estimate of drug-likeness (QED) is 0.659. The molecule has 0 aliphatic rings. The molecule has 0 unspecified atom stereocenters. The van der Waals surface area contributed by atoms with Gasteiger partial charge in [-0.3, -0.25) is 9.59 Å². The summed E-state index contributed by atoms with van der Waals surface area (Å²) in [5.74, 6) is -0.491. The van der Waals surface area contributed by atoms with E-state index in [4.69, 9.17) is 0 Å². The highest BCUT2D eigenvalue weighted by Gasteiger charge is 2.04.